The normalized spacial score (nSPS) is 16.1. The molecule has 0 saturated heterocycles. The first kappa shape index (κ1) is 26.2. The van der Waals surface area contributed by atoms with Crippen LogP contribution >= 0.6 is 0 Å². The van der Waals surface area contributed by atoms with E-state index >= 15 is 0 Å². The Bertz CT molecular complexity index is 1240. The van der Waals surface area contributed by atoms with E-state index in [1.54, 1.807) is 0 Å². The van der Waals surface area contributed by atoms with E-state index < -0.39 is 10.1 Å². The molecule has 0 radical (unpaired) electrons. The van der Waals surface area contributed by atoms with E-state index in [1.165, 1.54) is 28.8 Å². The molecule has 0 saturated carbocycles. The predicted molar refractivity (Wildman–Crippen MR) is 147 cm³/mol. The van der Waals surface area contributed by atoms with Crippen LogP contribution in [0, 0.1) is 0 Å². The molecule has 5 heteroatoms. The molecule has 1 N–H and O–H groups in total. The van der Waals surface area contributed by atoms with Gasteiger partial charge in [0.15, 0.2) is 0 Å². The molecule has 1 aliphatic heterocycles. The van der Waals surface area contributed by atoms with Gasteiger partial charge in [0.05, 0.1) is 4.90 Å². The van der Waals surface area contributed by atoms with Crippen molar-refractivity contribution in [1.29, 1.82) is 0 Å². The van der Waals surface area contributed by atoms with Gasteiger partial charge in [-0.05, 0) is 84.0 Å². The first-order chi connectivity index (χ1) is 17.3. The van der Waals surface area contributed by atoms with E-state index in [0.717, 1.165) is 44.3 Å². The summed E-state index contributed by atoms with van der Waals surface area (Å²) in [6, 6.07) is 26.4. The quantitative estimate of drug-likeness (QED) is 0.275. The molecule has 0 aromatic heterocycles. The summed E-state index contributed by atoms with van der Waals surface area (Å²) in [5.74, 6) is 1.03. The van der Waals surface area contributed by atoms with E-state index in [0.29, 0.717) is 11.8 Å². The molecule has 0 spiro atoms. The zero-order valence-corrected chi connectivity index (χ0v) is 22.1. The van der Waals surface area contributed by atoms with Crippen LogP contribution < -0.4 is 0 Å². The molecule has 4 nitrogen and oxygen atoms in total. The highest BCUT2D eigenvalue weighted by Crippen LogP contribution is 2.38. The van der Waals surface area contributed by atoms with Crippen LogP contribution in [0.1, 0.15) is 79.5 Å². The molecular formula is C31H37NO3S. The largest absolute Gasteiger partial charge is 0.373 e. The predicted octanol–water partition coefficient (Wildman–Crippen LogP) is 7.51. The monoisotopic (exact) mass is 503 g/mol. The van der Waals surface area contributed by atoms with Gasteiger partial charge in [-0.2, -0.15) is 8.42 Å². The standard InChI is InChI=1S/C31H37NO3S/c1-3-26(28-9-5-4-6-10-28)22-30(29-15-17-31(18-16-29)36(33,34)35)21-24(2)27-13-11-25(12-14-27)23-32-19-7-8-20-32/h4-7,9-19,24,26,30H,3,8,20-23H2,1-2H3,(H,33,34,35). The van der Waals surface area contributed by atoms with E-state index in [2.05, 4.69) is 79.6 Å². The molecule has 1 aliphatic rings. The molecule has 3 aromatic carbocycles. The van der Waals surface area contributed by atoms with Crippen LogP contribution in [0.5, 0.6) is 0 Å². The van der Waals surface area contributed by atoms with Crippen molar-refractivity contribution >= 4 is 10.1 Å². The van der Waals surface area contributed by atoms with Crippen molar-refractivity contribution in [1.82, 2.24) is 4.90 Å². The van der Waals surface area contributed by atoms with Gasteiger partial charge in [-0.25, -0.2) is 0 Å². The van der Waals surface area contributed by atoms with Crippen molar-refractivity contribution in [3.63, 3.8) is 0 Å². The average molecular weight is 504 g/mol. The zero-order valence-electron chi connectivity index (χ0n) is 21.3. The van der Waals surface area contributed by atoms with Crippen molar-refractivity contribution in [3.05, 3.63) is 113 Å². The Kier molecular flexibility index (Phi) is 8.65. The molecule has 0 bridgehead atoms. The fourth-order valence-electron chi connectivity index (χ4n) is 5.31. The van der Waals surface area contributed by atoms with Crippen LogP contribution in [0.4, 0.5) is 0 Å². The third kappa shape index (κ3) is 6.86. The Labute approximate surface area is 216 Å². The highest BCUT2D eigenvalue weighted by atomic mass is 32.2. The van der Waals surface area contributed by atoms with Gasteiger partial charge >= 0.3 is 0 Å². The Morgan fingerprint density at radius 1 is 0.833 bits per heavy atom. The number of hydrogen-bond donors (Lipinski definition) is 1. The highest BCUT2D eigenvalue weighted by molar-refractivity contribution is 7.85. The van der Waals surface area contributed by atoms with Crippen LogP contribution in [0.2, 0.25) is 0 Å². The van der Waals surface area contributed by atoms with Crippen molar-refractivity contribution < 1.29 is 13.0 Å². The minimum atomic E-state index is -4.20. The second-order valence-corrected chi connectivity index (χ2v) is 11.4. The minimum absolute atomic E-state index is 0.0587. The summed E-state index contributed by atoms with van der Waals surface area (Å²) >= 11 is 0. The van der Waals surface area contributed by atoms with E-state index in [-0.39, 0.29) is 10.8 Å². The van der Waals surface area contributed by atoms with Crippen LogP contribution in [0.3, 0.4) is 0 Å². The summed E-state index contributed by atoms with van der Waals surface area (Å²) in [6.07, 6.45) is 8.52. The van der Waals surface area contributed by atoms with Crippen molar-refractivity contribution in [3.8, 4) is 0 Å². The summed E-state index contributed by atoms with van der Waals surface area (Å²) in [4.78, 5) is 2.29. The third-order valence-corrected chi connectivity index (χ3v) is 8.32. The Morgan fingerprint density at radius 3 is 2.06 bits per heavy atom. The van der Waals surface area contributed by atoms with Gasteiger partial charge in [-0.1, -0.05) is 86.7 Å². The third-order valence-electron chi connectivity index (χ3n) is 7.45. The van der Waals surface area contributed by atoms with Gasteiger partial charge < -0.3 is 4.90 Å². The van der Waals surface area contributed by atoms with Gasteiger partial charge in [0.1, 0.15) is 0 Å². The van der Waals surface area contributed by atoms with Crippen molar-refractivity contribution in [2.75, 3.05) is 6.54 Å². The molecule has 0 fully saturated rings. The number of nitrogens with zero attached hydrogens (tertiary/aromatic N) is 1. The van der Waals surface area contributed by atoms with Gasteiger partial charge in [0.2, 0.25) is 0 Å². The summed E-state index contributed by atoms with van der Waals surface area (Å²) in [6.45, 7) is 6.55. The lowest BCUT2D eigenvalue weighted by Crippen LogP contribution is -2.13. The summed E-state index contributed by atoms with van der Waals surface area (Å²) in [5, 5.41) is 0. The van der Waals surface area contributed by atoms with Gasteiger partial charge in [0.25, 0.3) is 10.1 Å². The van der Waals surface area contributed by atoms with Gasteiger partial charge in [-0.3, -0.25) is 4.55 Å². The summed E-state index contributed by atoms with van der Waals surface area (Å²) in [5.41, 5.74) is 5.10. The van der Waals surface area contributed by atoms with Crippen LogP contribution in [0.25, 0.3) is 0 Å². The Hall–Kier alpha value is -2.89. The Balaban J connectivity index is 1.54. The van der Waals surface area contributed by atoms with Crippen molar-refractivity contribution in [2.24, 2.45) is 0 Å². The smallest absolute Gasteiger partial charge is 0.294 e. The highest BCUT2D eigenvalue weighted by Gasteiger charge is 2.22. The van der Waals surface area contributed by atoms with Gasteiger partial charge in [-0.15, -0.1) is 0 Å². The maximum Gasteiger partial charge on any atom is 0.294 e. The summed E-state index contributed by atoms with van der Waals surface area (Å²) < 4.78 is 32.6. The number of rotatable bonds is 11. The fourth-order valence-corrected chi connectivity index (χ4v) is 5.79. The minimum Gasteiger partial charge on any atom is -0.373 e. The molecule has 0 amide bonds. The molecule has 0 aliphatic carbocycles. The van der Waals surface area contributed by atoms with E-state index in [9.17, 15) is 13.0 Å². The Morgan fingerprint density at radius 2 is 1.47 bits per heavy atom. The molecule has 3 unspecified atom stereocenters. The van der Waals surface area contributed by atoms with Crippen LogP contribution in [0.15, 0.2) is 96.0 Å². The summed E-state index contributed by atoms with van der Waals surface area (Å²) in [7, 11) is -4.20. The van der Waals surface area contributed by atoms with E-state index in [4.69, 9.17) is 0 Å². The average Bonchev–Trinajstić information content (AvgIpc) is 3.40. The SMILES string of the molecule is CCC(CC(CC(C)c1ccc(CN2C=CCC2)cc1)c1ccc(S(=O)(=O)O)cc1)c1ccccc1. The van der Waals surface area contributed by atoms with Crippen molar-refractivity contribution in [2.45, 2.75) is 68.7 Å². The molecule has 190 valence electrons. The van der Waals surface area contributed by atoms with Crippen LogP contribution in [-0.4, -0.2) is 24.4 Å². The molecule has 1 heterocycles. The second kappa shape index (κ2) is 11.9. The maximum atomic E-state index is 11.6. The molecule has 4 rings (SSSR count). The first-order valence-electron chi connectivity index (χ1n) is 13.0. The van der Waals surface area contributed by atoms with Gasteiger partial charge in [0, 0.05) is 13.1 Å². The lowest BCUT2D eigenvalue weighted by molar-refractivity contribution is 0.400. The zero-order chi connectivity index (χ0) is 25.5. The van der Waals surface area contributed by atoms with E-state index in [1.807, 2.05) is 18.2 Å². The maximum absolute atomic E-state index is 11.6. The lowest BCUT2D eigenvalue weighted by Gasteiger charge is -2.27. The second-order valence-electron chi connectivity index (χ2n) is 10.0. The number of benzene rings is 3. The van der Waals surface area contributed by atoms with Crippen LogP contribution in [-0.2, 0) is 16.7 Å². The first-order valence-corrected chi connectivity index (χ1v) is 14.4. The molecular weight excluding hydrogens is 466 g/mol. The molecule has 36 heavy (non-hydrogen) atoms. The number of hydrogen-bond acceptors (Lipinski definition) is 3. The molecule has 3 atom stereocenters. The lowest BCUT2D eigenvalue weighted by atomic mass is 9.78. The fraction of sp³-hybridized carbons (Fsp3) is 0.355. The molecule has 3 aromatic rings. The topological polar surface area (TPSA) is 57.6 Å².